The molecule has 1 aromatic carbocycles. The van der Waals surface area contributed by atoms with Gasteiger partial charge in [0.15, 0.2) is 0 Å². The fraction of sp³-hybridized carbons (Fsp3) is 0.391. The molecule has 2 amide bonds. The lowest BCUT2D eigenvalue weighted by atomic mass is 10.1. The van der Waals surface area contributed by atoms with Crippen molar-refractivity contribution in [1.29, 1.82) is 0 Å². The van der Waals surface area contributed by atoms with Crippen molar-refractivity contribution in [3.63, 3.8) is 0 Å². The van der Waals surface area contributed by atoms with E-state index in [1.165, 1.54) is 22.2 Å². The van der Waals surface area contributed by atoms with Crippen molar-refractivity contribution in [3.05, 3.63) is 56.4 Å². The van der Waals surface area contributed by atoms with Gasteiger partial charge in [-0.25, -0.2) is 4.98 Å². The van der Waals surface area contributed by atoms with E-state index < -0.39 is 0 Å². The van der Waals surface area contributed by atoms with Crippen LogP contribution in [0.5, 0.6) is 0 Å². The van der Waals surface area contributed by atoms with Crippen molar-refractivity contribution in [3.8, 4) is 0 Å². The first-order valence-corrected chi connectivity index (χ1v) is 12.7. The number of nitrogens with one attached hydrogen (secondary N) is 3. The van der Waals surface area contributed by atoms with Crippen LogP contribution < -0.4 is 16.2 Å². The lowest BCUT2D eigenvalue weighted by molar-refractivity contribution is -0.119. The van der Waals surface area contributed by atoms with Crippen LogP contribution in [0.3, 0.4) is 0 Å². The Balaban J connectivity index is 1.29. The largest absolute Gasteiger partial charge is 0.349 e. The molecule has 2 aromatic heterocycles. The van der Waals surface area contributed by atoms with E-state index in [9.17, 15) is 14.4 Å². The van der Waals surface area contributed by atoms with Crippen LogP contribution in [0.2, 0.25) is 0 Å². The summed E-state index contributed by atoms with van der Waals surface area (Å²) in [7, 11) is 0. The molecule has 0 bridgehead atoms. The summed E-state index contributed by atoms with van der Waals surface area (Å²) in [6, 6.07) is 7.30. The van der Waals surface area contributed by atoms with Crippen LogP contribution >= 0.6 is 23.1 Å². The number of carbonyl (C=O) groups excluding carboxylic acids is 2. The van der Waals surface area contributed by atoms with E-state index in [0.717, 1.165) is 40.7 Å². The zero-order valence-corrected chi connectivity index (χ0v) is 19.8. The van der Waals surface area contributed by atoms with Crippen molar-refractivity contribution in [1.82, 2.24) is 15.3 Å². The van der Waals surface area contributed by atoms with Crippen molar-refractivity contribution >= 4 is 50.8 Å². The normalized spacial score (nSPS) is 13.7. The number of benzene rings is 1. The van der Waals surface area contributed by atoms with Crippen LogP contribution in [-0.4, -0.2) is 27.5 Å². The molecule has 9 heteroatoms. The summed E-state index contributed by atoms with van der Waals surface area (Å²) < 4.78 is 0. The predicted molar refractivity (Wildman–Crippen MR) is 130 cm³/mol. The lowest BCUT2D eigenvalue weighted by Crippen LogP contribution is -2.28. The molecule has 32 heavy (non-hydrogen) atoms. The Morgan fingerprint density at radius 2 is 2.00 bits per heavy atom. The minimum absolute atomic E-state index is 0.0331. The summed E-state index contributed by atoms with van der Waals surface area (Å²) in [5.74, 6) is 1.25. The van der Waals surface area contributed by atoms with Gasteiger partial charge in [0.25, 0.3) is 5.56 Å². The van der Waals surface area contributed by atoms with Crippen molar-refractivity contribution < 1.29 is 9.59 Å². The molecule has 0 spiro atoms. The van der Waals surface area contributed by atoms with Crippen LogP contribution in [0, 0.1) is 0 Å². The summed E-state index contributed by atoms with van der Waals surface area (Å²) in [5.41, 5.74) is 2.80. The zero-order chi connectivity index (χ0) is 22.7. The number of thioether (sulfide) groups is 1. The number of aromatic amines is 1. The second kappa shape index (κ2) is 9.87. The molecule has 1 unspecified atom stereocenters. The van der Waals surface area contributed by atoms with Gasteiger partial charge in [0.1, 0.15) is 10.7 Å². The van der Waals surface area contributed by atoms with E-state index in [0.29, 0.717) is 18.0 Å². The fourth-order valence-electron chi connectivity index (χ4n) is 3.83. The molecule has 168 valence electrons. The van der Waals surface area contributed by atoms with E-state index in [2.05, 4.69) is 20.6 Å². The number of rotatable bonds is 8. The Bertz CT molecular complexity index is 1200. The molecule has 1 aliphatic carbocycles. The van der Waals surface area contributed by atoms with Crippen molar-refractivity contribution in [2.75, 3.05) is 11.1 Å². The van der Waals surface area contributed by atoms with Crippen LogP contribution in [0.15, 0.2) is 29.1 Å². The van der Waals surface area contributed by atoms with Crippen LogP contribution in [0.1, 0.15) is 54.6 Å². The number of amides is 2. The monoisotopic (exact) mass is 470 g/mol. The Morgan fingerprint density at radius 1 is 1.22 bits per heavy atom. The van der Waals surface area contributed by atoms with E-state index >= 15 is 0 Å². The van der Waals surface area contributed by atoms with Crippen LogP contribution in [0.25, 0.3) is 10.2 Å². The number of nitrogens with zero attached hydrogens (tertiary/aromatic N) is 1. The standard InChI is InChI=1S/C23H26N4O3S2/c1-3-19(28)25-15-9-7-14(8-10-15)13(2)24-20(29)12-31-11-18-26-22(30)21-16-5-4-6-17(16)32-23(21)27-18/h7-10,13H,3-6,11-12H2,1-2H3,(H,24,29)(H,25,28)(H,26,27,30). The highest BCUT2D eigenvalue weighted by Gasteiger charge is 2.21. The van der Waals surface area contributed by atoms with E-state index in [1.54, 1.807) is 18.3 Å². The summed E-state index contributed by atoms with van der Waals surface area (Å²) in [6.45, 7) is 3.73. The van der Waals surface area contributed by atoms with Gasteiger partial charge in [-0.3, -0.25) is 14.4 Å². The number of aromatic nitrogens is 2. The van der Waals surface area contributed by atoms with Gasteiger partial charge in [0.2, 0.25) is 11.8 Å². The minimum Gasteiger partial charge on any atom is -0.349 e. The number of fused-ring (bicyclic) bond motifs is 3. The number of carbonyl (C=O) groups is 2. The maximum Gasteiger partial charge on any atom is 0.259 e. The summed E-state index contributed by atoms with van der Waals surface area (Å²) in [5, 5.41) is 6.54. The molecule has 1 atom stereocenters. The van der Waals surface area contributed by atoms with Crippen molar-refractivity contribution in [2.24, 2.45) is 0 Å². The smallest absolute Gasteiger partial charge is 0.259 e. The zero-order valence-electron chi connectivity index (χ0n) is 18.1. The minimum atomic E-state index is -0.151. The summed E-state index contributed by atoms with van der Waals surface area (Å²) >= 11 is 3.05. The van der Waals surface area contributed by atoms with Crippen LogP contribution in [-0.2, 0) is 28.2 Å². The highest BCUT2D eigenvalue weighted by atomic mass is 32.2. The molecule has 0 aliphatic heterocycles. The molecule has 2 heterocycles. The topological polar surface area (TPSA) is 104 Å². The Morgan fingerprint density at radius 3 is 2.75 bits per heavy atom. The average Bonchev–Trinajstić information content (AvgIpc) is 3.35. The third-order valence-electron chi connectivity index (χ3n) is 5.49. The second-order valence-electron chi connectivity index (χ2n) is 7.86. The Hall–Kier alpha value is -2.65. The molecule has 0 saturated heterocycles. The second-order valence-corrected chi connectivity index (χ2v) is 9.93. The van der Waals surface area contributed by atoms with Gasteiger partial charge >= 0.3 is 0 Å². The molecule has 4 rings (SSSR count). The van der Waals surface area contributed by atoms with Gasteiger partial charge in [0.05, 0.1) is 22.9 Å². The number of thiophene rings is 1. The number of hydrogen-bond donors (Lipinski definition) is 3. The van der Waals surface area contributed by atoms with Gasteiger partial charge in [-0.15, -0.1) is 23.1 Å². The SMILES string of the molecule is CCC(=O)Nc1ccc(C(C)NC(=O)CSCc2nc3sc4c(c3c(=O)[nH]2)CCC4)cc1. The maximum atomic E-state index is 12.5. The molecule has 3 aromatic rings. The van der Waals surface area contributed by atoms with E-state index in [1.807, 2.05) is 31.2 Å². The van der Waals surface area contributed by atoms with E-state index in [-0.39, 0.29) is 29.2 Å². The fourth-order valence-corrected chi connectivity index (χ4v) is 5.81. The molecule has 3 N–H and O–H groups in total. The lowest BCUT2D eigenvalue weighted by Gasteiger charge is -2.15. The number of H-pyrrole nitrogens is 1. The van der Waals surface area contributed by atoms with Gasteiger partial charge in [-0.2, -0.15) is 0 Å². The molecular weight excluding hydrogens is 444 g/mol. The Kier molecular flexibility index (Phi) is 6.95. The molecule has 0 saturated carbocycles. The molecule has 7 nitrogen and oxygen atoms in total. The first-order chi connectivity index (χ1) is 15.4. The highest BCUT2D eigenvalue weighted by Crippen LogP contribution is 2.34. The van der Waals surface area contributed by atoms with Gasteiger partial charge in [0, 0.05) is 17.0 Å². The van der Waals surface area contributed by atoms with Gasteiger partial charge in [-0.1, -0.05) is 19.1 Å². The molecule has 1 aliphatic rings. The number of hydrogen-bond acceptors (Lipinski definition) is 6. The highest BCUT2D eigenvalue weighted by molar-refractivity contribution is 7.99. The van der Waals surface area contributed by atoms with Crippen molar-refractivity contribution in [2.45, 2.75) is 51.3 Å². The third kappa shape index (κ3) is 5.05. The molecule has 0 radical (unpaired) electrons. The van der Waals surface area contributed by atoms with Crippen LogP contribution in [0.4, 0.5) is 5.69 Å². The summed E-state index contributed by atoms with van der Waals surface area (Å²) in [4.78, 5) is 46.0. The number of aryl methyl sites for hydroxylation is 2. The first-order valence-electron chi connectivity index (χ1n) is 10.7. The third-order valence-corrected chi connectivity index (χ3v) is 7.62. The first kappa shape index (κ1) is 22.5. The van der Waals surface area contributed by atoms with Gasteiger partial charge < -0.3 is 15.6 Å². The van der Waals surface area contributed by atoms with E-state index in [4.69, 9.17) is 0 Å². The average molecular weight is 471 g/mol. The number of anilines is 1. The summed E-state index contributed by atoms with van der Waals surface area (Å²) in [6.07, 6.45) is 3.54. The Labute approximate surface area is 194 Å². The molecular formula is C23H26N4O3S2. The van der Waals surface area contributed by atoms with Gasteiger partial charge in [-0.05, 0) is 49.4 Å². The molecule has 0 fully saturated rings. The quantitative estimate of drug-likeness (QED) is 0.463. The maximum absolute atomic E-state index is 12.5. The predicted octanol–water partition coefficient (Wildman–Crippen LogP) is 3.93.